The van der Waals surface area contributed by atoms with Crippen LogP contribution in [0.25, 0.3) is 0 Å². The topological polar surface area (TPSA) is 56.8 Å². The zero-order chi connectivity index (χ0) is 14.6. The van der Waals surface area contributed by atoms with E-state index in [1.807, 2.05) is 44.2 Å². The Morgan fingerprint density at radius 3 is 2.60 bits per heavy atom. The summed E-state index contributed by atoms with van der Waals surface area (Å²) in [4.78, 5) is 11.4. The first-order valence-electron chi connectivity index (χ1n) is 6.82. The summed E-state index contributed by atoms with van der Waals surface area (Å²) in [5.74, 6) is 0. The van der Waals surface area contributed by atoms with Crippen LogP contribution in [-0.4, -0.2) is 38.6 Å². The van der Waals surface area contributed by atoms with Gasteiger partial charge in [0.2, 0.25) is 0 Å². The van der Waals surface area contributed by atoms with Crippen LogP contribution in [0.5, 0.6) is 0 Å². The fraction of sp³-hybridized carbons (Fsp3) is 0.533. The first-order chi connectivity index (χ1) is 9.68. The Bertz CT molecular complexity index is 367. The summed E-state index contributed by atoms with van der Waals surface area (Å²) < 4.78 is 15.7. The lowest BCUT2D eigenvalue weighted by atomic mass is 10.2. The summed E-state index contributed by atoms with van der Waals surface area (Å²) in [6.07, 6.45) is -0.222. The van der Waals surface area contributed by atoms with Gasteiger partial charge in [0.05, 0.1) is 25.9 Å². The molecule has 1 N–H and O–H groups in total. The predicted molar refractivity (Wildman–Crippen MR) is 76.5 cm³/mol. The summed E-state index contributed by atoms with van der Waals surface area (Å²) in [5, 5.41) is 2.63. The maximum Gasteiger partial charge on any atom is 0.407 e. The Morgan fingerprint density at radius 2 is 1.90 bits per heavy atom. The summed E-state index contributed by atoms with van der Waals surface area (Å²) in [7, 11) is 0. The molecule has 0 fully saturated rings. The zero-order valence-corrected chi connectivity index (χ0v) is 12.1. The highest BCUT2D eigenvalue weighted by Crippen LogP contribution is 2.00. The van der Waals surface area contributed by atoms with Crippen molar-refractivity contribution in [2.45, 2.75) is 26.6 Å². The SMILES string of the molecule is CC(C)OCCOCCNC(=O)OCc1ccccc1. The van der Waals surface area contributed by atoms with Gasteiger partial charge in [0, 0.05) is 6.54 Å². The molecule has 0 atom stereocenters. The Hall–Kier alpha value is -1.59. The largest absolute Gasteiger partial charge is 0.445 e. The van der Waals surface area contributed by atoms with E-state index >= 15 is 0 Å². The molecule has 0 bridgehead atoms. The first kappa shape index (κ1) is 16.5. The molecule has 0 aliphatic carbocycles. The molecular weight excluding hydrogens is 258 g/mol. The van der Waals surface area contributed by atoms with Crippen molar-refractivity contribution in [2.24, 2.45) is 0 Å². The number of alkyl carbamates (subject to hydrolysis) is 1. The number of hydrogen-bond donors (Lipinski definition) is 1. The van der Waals surface area contributed by atoms with E-state index in [1.54, 1.807) is 0 Å². The molecule has 0 aromatic heterocycles. The van der Waals surface area contributed by atoms with Crippen molar-refractivity contribution in [3.63, 3.8) is 0 Å². The Morgan fingerprint density at radius 1 is 1.15 bits per heavy atom. The van der Waals surface area contributed by atoms with Gasteiger partial charge >= 0.3 is 6.09 Å². The third-order valence-electron chi connectivity index (χ3n) is 2.41. The van der Waals surface area contributed by atoms with Crippen LogP contribution in [0.3, 0.4) is 0 Å². The van der Waals surface area contributed by atoms with Crippen molar-refractivity contribution in [1.82, 2.24) is 5.32 Å². The maximum atomic E-state index is 11.4. The summed E-state index contributed by atoms with van der Waals surface area (Å²) >= 11 is 0. The third kappa shape index (κ3) is 8.50. The zero-order valence-electron chi connectivity index (χ0n) is 12.1. The van der Waals surface area contributed by atoms with Crippen LogP contribution in [0.4, 0.5) is 4.79 Å². The molecule has 0 spiro atoms. The van der Waals surface area contributed by atoms with Crippen LogP contribution in [-0.2, 0) is 20.8 Å². The van der Waals surface area contributed by atoms with Gasteiger partial charge in [-0.25, -0.2) is 4.79 Å². The molecule has 1 aromatic carbocycles. The highest BCUT2D eigenvalue weighted by molar-refractivity contribution is 5.67. The fourth-order valence-corrected chi connectivity index (χ4v) is 1.44. The Labute approximate surface area is 120 Å². The van der Waals surface area contributed by atoms with Crippen LogP contribution >= 0.6 is 0 Å². The summed E-state index contributed by atoms with van der Waals surface area (Å²) in [6, 6.07) is 9.55. The molecule has 0 aliphatic heterocycles. The first-order valence-corrected chi connectivity index (χ1v) is 6.82. The molecule has 0 saturated heterocycles. The molecule has 1 rings (SSSR count). The van der Waals surface area contributed by atoms with E-state index < -0.39 is 6.09 Å². The van der Waals surface area contributed by atoms with Gasteiger partial charge in [-0.05, 0) is 19.4 Å². The van der Waals surface area contributed by atoms with E-state index in [0.29, 0.717) is 26.4 Å². The lowest BCUT2D eigenvalue weighted by molar-refractivity contribution is 0.0202. The molecule has 20 heavy (non-hydrogen) atoms. The molecule has 0 aliphatic rings. The highest BCUT2D eigenvalue weighted by atomic mass is 16.5. The third-order valence-corrected chi connectivity index (χ3v) is 2.41. The number of carbonyl (C=O) groups is 1. The van der Waals surface area contributed by atoms with Crippen molar-refractivity contribution in [1.29, 1.82) is 0 Å². The predicted octanol–water partition coefficient (Wildman–Crippen LogP) is 2.35. The number of hydrogen-bond acceptors (Lipinski definition) is 4. The molecule has 1 amide bonds. The molecule has 112 valence electrons. The molecular formula is C15H23NO4. The molecule has 0 heterocycles. The Kier molecular flexibility index (Phi) is 8.42. The molecule has 1 aromatic rings. The van der Waals surface area contributed by atoms with Crippen LogP contribution < -0.4 is 5.32 Å². The van der Waals surface area contributed by atoms with Gasteiger partial charge in [-0.15, -0.1) is 0 Å². The van der Waals surface area contributed by atoms with Crippen molar-refractivity contribution in [3.8, 4) is 0 Å². The summed E-state index contributed by atoms with van der Waals surface area (Å²) in [6.45, 7) is 6.19. The Balaban J connectivity index is 1.95. The smallest absolute Gasteiger partial charge is 0.407 e. The average molecular weight is 281 g/mol. The summed E-state index contributed by atoms with van der Waals surface area (Å²) in [5.41, 5.74) is 0.963. The second-order valence-corrected chi connectivity index (χ2v) is 4.52. The van der Waals surface area contributed by atoms with E-state index in [1.165, 1.54) is 0 Å². The molecule has 0 radical (unpaired) electrons. The van der Waals surface area contributed by atoms with E-state index in [4.69, 9.17) is 14.2 Å². The van der Waals surface area contributed by atoms with Crippen LogP contribution in [0, 0.1) is 0 Å². The minimum Gasteiger partial charge on any atom is -0.445 e. The van der Waals surface area contributed by atoms with Gasteiger partial charge in [0.25, 0.3) is 0 Å². The monoisotopic (exact) mass is 281 g/mol. The number of amides is 1. The number of nitrogens with one attached hydrogen (secondary N) is 1. The average Bonchev–Trinajstić information content (AvgIpc) is 2.45. The van der Waals surface area contributed by atoms with Gasteiger partial charge in [0.15, 0.2) is 0 Å². The standard InChI is InChI=1S/C15H23NO4/c1-13(2)19-11-10-18-9-8-16-15(17)20-12-14-6-4-3-5-7-14/h3-7,13H,8-12H2,1-2H3,(H,16,17). The minimum atomic E-state index is -0.434. The van der Waals surface area contributed by atoms with E-state index in [2.05, 4.69) is 5.32 Å². The second-order valence-electron chi connectivity index (χ2n) is 4.52. The van der Waals surface area contributed by atoms with Crippen LogP contribution in [0.15, 0.2) is 30.3 Å². The van der Waals surface area contributed by atoms with Gasteiger partial charge in [-0.1, -0.05) is 30.3 Å². The molecule has 0 unspecified atom stereocenters. The number of rotatable bonds is 9. The highest BCUT2D eigenvalue weighted by Gasteiger charge is 2.01. The van der Waals surface area contributed by atoms with Crippen molar-refractivity contribution in [3.05, 3.63) is 35.9 Å². The number of ether oxygens (including phenoxy) is 3. The van der Waals surface area contributed by atoms with Crippen molar-refractivity contribution >= 4 is 6.09 Å². The molecule has 0 saturated carbocycles. The van der Waals surface area contributed by atoms with E-state index in [0.717, 1.165) is 5.56 Å². The van der Waals surface area contributed by atoms with Crippen LogP contribution in [0.1, 0.15) is 19.4 Å². The van der Waals surface area contributed by atoms with Crippen LogP contribution in [0.2, 0.25) is 0 Å². The maximum absolute atomic E-state index is 11.4. The van der Waals surface area contributed by atoms with Gasteiger partial charge < -0.3 is 19.5 Å². The lowest BCUT2D eigenvalue weighted by Crippen LogP contribution is -2.28. The quantitative estimate of drug-likeness (QED) is 0.706. The van der Waals surface area contributed by atoms with Gasteiger partial charge in [0.1, 0.15) is 6.61 Å². The number of carbonyl (C=O) groups excluding carboxylic acids is 1. The van der Waals surface area contributed by atoms with Gasteiger partial charge in [-0.2, -0.15) is 0 Å². The second kappa shape index (κ2) is 10.2. The van der Waals surface area contributed by atoms with Crippen molar-refractivity contribution in [2.75, 3.05) is 26.4 Å². The minimum absolute atomic E-state index is 0.213. The van der Waals surface area contributed by atoms with Crippen molar-refractivity contribution < 1.29 is 19.0 Å². The van der Waals surface area contributed by atoms with E-state index in [9.17, 15) is 4.79 Å². The number of benzene rings is 1. The molecule has 5 nitrogen and oxygen atoms in total. The van der Waals surface area contributed by atoms with Gasteiger partial charge in [-0.3, -0.25) is 0 Å². The lowest BCUT2D eigenvalue weighted by Gasteiger charge is -2.09. The normalized spacial score (nSPS) is 10.6. The fourth-order valence-electron chi connectivity index (χ4n) is 1.44. The molecule has 5 heteroatoms. The van der Waals surface area contributed by atoms with E-state index in [-0.39, 0.29) is 12.7 Å².